The molecular weight excluding hydrogens is 1250 g/mol. The summed E-state index contributed by atoms with van der Waals surface area (Å²) in [5, 5.41) is 0. The Kier molecular flexibility index (Phi) is 35.1. The first-order chi connectivity index (χ1) is 40.5. The maximum absolute atomic E-state index is 7.22. The van der Waals surface area contributed by atoms with Crippen LogP contribution < -0.4 is 2.89 Å². The monoisotopic (exact) mass is 1360 g/mol. The first-order valence-electron chi connectivity index (χ1n) is 35.0. The maximum atomic E-state index is 7.22. The van der Waals surface area contributed by atoms with Gasteiger partial charge < -0.3 is 0 Å². The van der Waals surface area contributed by atoms with Crippen LogP contribution in [0.15, 0.2) is 36.4 Å². The van der Waals surface area contributed by atoms with Crippen LogP contribution in [0.1, 0.15) is 306 Å². The molecule has 0 nitrogen and oxygen atoms in total. The second kappa shape index (κ2) is 40.8. The second-order valence-electron chi connectivity index (χ2n) is 26.1. The normalized spacial score (nSPS) is 12.1. The zero-order chi connectivity index (χ0) is 59.1. The Bertz CT molecular complexity index is 2650. The van der Waals surface area contributed by atoms with E-state index < -0.39 is 18.4 Å². The van der Waals surface area contributed by atoms with Crippen LogP contribution in [-0.4, -0.2) is 18.4 Å². The Hall–Kier alpha value is -0.711. The molecule has 0 spiro atoms. The van der Waals surface area contributed by atoms with E-state index in [0.717, 1.165) is 17.2 Å². The summed E-state index contributed by atoms with van der Waals surface area (Å²) in [5.74, 6) is 0. The number of aryl methyl sites for hydroxylation is 6. The van der Waals surface area contributed by atoms with Crippen molar-refractivity contribution < 1.29 is 0 Å². The quantitative estimate of drug-likeness (QED) is 0.0264. The molecule has 6 aromatic heterocycles. The summed E-state index contributed by atoms with van der Waals surface area (Å²) in [7, 11) is 0. The summed E-state index contributed by atoms with van der Waals surface area (Å²) >= 11 is 17.6. The fraction of sp³-hybridized carbons (Fsp3) is 0.680. The topological polar surface area (TPSA) is 0 Å². The van der Waals surface area contributed by atoms with Crippen molar-refractivity contribution in [2.24, 2.45) is 0 Å². The van der Waals surface area contributed by atoms with E-state index >= 15 is 0 Å². The van der Waals surface area contributed by atoms with Crippen molar-refractivity contribution in [2.75, 3.05) is 0 Å². The average molecular weight is 1370 g/mol. The average Bonchev–Trinajstić information content (AvgIpc) is 4.52. The molecule has 0 aliphatic rings. The minimum Gasteiger partial charge on any atom is -0.122 e. The number of unbranched alkanes of at least 4 members (excludes halogenated alkanes) is 30. The van der Waals surface area contributed by atoms with E-state index in [1.54, 1.807) is 60.0 Å². The summed E-state index contributed by atoms with van der Waals surface area (Å²) < 4.78 is 2.78. The molecule has 0 aliphatic carbocycles. The van der Waals surface area contributed by atoms with Crippen LogP contribution in [0, 0.1) is 0 Å². The van der Waals surface area contributed by atoms with Gasteiger partial charge in [-0.3, -0.25) is 0 Å². The van der Waals surface area contributed by atoms with Crippen molar-refractivity contribution in [3.63, 3.8) is 0 Å². The molecule has 6 rings (SSSR count). The van der Waals surface area contributed by atoms with Gasteiger partial charge in [-0.25, -0.2) is 0 Å². The number of hydrogen-bond donors (Lipinski definition) is 0. The van der Waals surface area contributed by atoms with Gasteiger partial charge in [0.15, 0.2) is 0 Å². The van der Waals surface area contributed by atoms with Crippen molar-refractivity contribution in [1.82, 2.24) is 0 Å². The van der Waals surface area contributed by atoms with Crippen molar-refractivity contribution in [3.8, 4) is 48.8 Å². The van der Waals surface area contributed by atoms with Crippen LogP contribution in [0.3, 0.4) is 0 Å². The SMILES string of the molecule is CCCCCCCCc1cc(-c2sc(-c3sc(-c4sc(-c5sc(-c6s[c]([Sn]([CH3])([CH3])[CH3])cc6CCCCCCCC)cc5CCCCCCCC)cc4CCCCCCCC)cc3CCCCCCCC)cc2CCCCCCCC)sc1Cl. The standard InChI is InChI=1S/C72H108ClS6.3CH3.Sn/c1-7-13-19-25-31-37-43-56-49-50-74-67(56)62-51-57(44-38-32-26-20-14-8-2)68(75-62)63-52-58(45-39-33-27-21-15-9-3)69(76-63)64-53-59(46-40-34-28-22-16-10-4)70(77-64)65-54-60(47-41-35-29-23-17-11-5)71(78-65)66-55-61(72(73)79-66)48-42-36-30-24-18-12-6;;;;/h49,51-55H,7-48H2,1-6H3;3*1H3;. The second-order valence-corrected chi connectivity index (χ2v) is 48.4. The summed E-state index contributed by atoms with van der Waals surface area (Å²) in [6.45, 7) is 14.1. The summed E-state index contributed by atoms with van der Waals surface area (Å²) in [6, 6.07) is 16.1. The van der Waals surface area contributed by atoms with E-state index in [1.807, 2.05) is 11.3 Å². The molecule has 0 atom stereocenters. The predicted molar refractivity (Wildman–Crippen MR) is 391 cm³/mol. The van der Waals surface area contributed by atoms with Crippen LogP contribution in [0.25, 0.3) is 48.8 Å². The van der Waals surface area contributed by atoms with Gasteiger partial charge in [0.2, 0.25) is 0 Å². The molecule has 0 amide bonds. The molecule has 0 aliphatic heterocycles. The van der Waals surface area contributed by atoms with Gasteiger partial charge in [-0.15, -0.1) is 22.7 Å². The summed E-state index contributed by atoms with van der Waals surface area (Å²) in [5.41, 5.74) is 9.45. The van der Waals surface area contributed by atoms with Crippen LogP contribution in [0.5, 0.6) is 0 Å². The van der Waals surface area contributed by atoms with Crippen molar-refractivity contribution in [2.45, 2.75) is 326 Å². The molecule has 6 heterocycles. The Labute approximate surface area is 544 Å². The van der Waals surface area contributed by atoms with E-state index in [1.165, 1.54) is 282 Å². The van der Waals surface area contributed by atoms with Gasteiger partial charge in [-0.05, 0) is 61.8 Å². The molecular formula is C75H117ClS6Sn. The Morgan fingerprint density at radius 2 is 0.458 bits per heavy atom. The molecule has 0 fully saturated rings. The number of rotatable bonds is 48. The Balaban J connectivity index is 1.44. The Morgan fingerprint density at radius 3 is 0.723 bits per heavy atom. The first-order valence-corrected chi connectivity index (χ1v) is 50.2. The van der Waals surface area contributed by atoms with E-state index in [0.29, 0.717) is 0 Å². The summed E-state index contributed by atoms with van der Waals surface area (Å²) in [4.78, 5) is 23.3. The molecule has 83 heavy (non-hydrogen) atoms. The number of halogens is 1. The zero-order valence-corrected chi connectivity index (χ0v) is 63.0. The molecule has 0 radical (unpaired) electrons. The van der Waals surface area contributed by atoms with Crippen molar-refractivity contribution in [1.29, 1.82) is 0 Å². The zero-order valence-electron chi connectivity index (χ0n) is 54.5. The van der Waals surface area contributed by atoms with Gasteiger partial charge in [-0.2, -0.15) is 0 Å². The molecule has 464 valence electrons. The van der Waals surface area contributed by atoms with Crippen LogP contribution in [-0.2, 0) is 38.5 Å². The number of hydrogen-bond acceptors (Lipinski definition) is 6. The van der Waals surface area contributed by atoms with Gasteiger partial charge in [0.1, 0.15) is 0 Å². The fourth-order valence-electron chi connectivity index (χ4n) is 12.2. The van der Waals surface area contributed by atoms with E-state index in [-0.39, 0.29) is 0 Å². The predicted octanol–water partition coefficient (Wildman–Crippen LogP) is 29.0. The third-order valence-electron chi connectivity index (χ3n) is 17.5. The van der Waals surface area contributed by atoms with Crippen LogP contribution in [0.2, 0.25) is 19.2 Å². The third-order valence-corrected chi connectivity index (χ3v) is 35.1. The molecule has 0 aromatic carbocycles. The van der Waals surface area contributed by atoms with Crippen molar-refractivity contribution >= 4 is 101 Å². The molecule has 0 unspecified atom stereocenters. The number of thiophene rings is 6. The van der Waals surface area contributed by atoms with Crippen molar-refractivity contribution in [3.05, 3.63) is 74.1 Å². The van der Waals surface area contributed by atoms with E-state index in [4.69, 9.17) is 11.6 Å². The van der Waals surface area contributed by atoms with Gasteiger partial charge in [0, 0.05) is 14.6 Å². The Morgan fingerprint density at radius 1 is 0.253 bits per heavy atom. The third kappa shape index (κ3) is 24.2. The van der Waals surface area contributed by atoms with Gasteiger partial charge >= 0.3 is 272 Å². The summed E-state index contributed by atoms with van der Waals surface area (Å²) in [6.07, 6.45) is 55.3. The van der Waals surface area contributed by atoms with E-state index in [9.17, 15) is 0 Å². The minimum atomic E-state index is -2.31. The van der Waals surface area contributed by atoms with Crippen LogP contribution in [0.4, 0.5) is 0 Å². The van der Waals surface area contributed by atoms with Crippen LogP contribution >= 0.6 is 79.6 Å². The van der Waals surface area contributed by atoms with Gasteiger partial charge in [0.25, 0.3) is 0 Å². The molecule has 6 aromatic rings. The van der Waals surface area contributed by atoms with Gasteiger partial charge in [-0.1, -0.05) is 175 Å². The molecule has 0 saturated carbocycles. The molecule has 8 heteroatoms. The van der Waals surface area contributed by atoms with Gasteiger partial charge in [0.05, 0.1) is 4.34 Å². The molecule has 0 N–H and O–H groups in total. The fourth-order valence-corrected chi connectivity index (χ4v) is 25.5. The minimum absolute atomic E-state index is 1.02. The first kappa shape index (κ1) is 71.4. The van der Waals surface area contributed by atoms with E-state index in [2.05, 4.69) is 149 Å². The molecule has 0 bridgehead atoms. The molecule has 0 saturated heterocycles. The smallest absolute Gasteiger partial charge is 0.122 e.